The van der Waals surface area contributed by atoms with Gasteiger partial charge in [-0.3, -0.25) is 0 Å². The first-order valence-electron chi connectivity index (χ1n) is 5.63. The van der Waals surface area contributed by atoms with Crippen molar-refractivity contribution in [1.82, 2.24) is 5.32 Å². The first-order chi connectivity index (χ1) is 7.12. The lowest BCUT2D eigenvalue weighted by atomic mass is 9.88. The highest BCUT2D eigenvalue weighted by Crippen LogP contribution is 2.20. The van der Waals surface area contributed by atoms with Gasteiger partial charge in [0, 0.05) is 19.4 Å². The zero-order chi connectivity index (χ0) is 11.6. The van der Waals surface area contributed by atoms with Crippen LogP contribution in [-0.2, 0) is 0 Å². The molecule has 0 aliphatic rings. The summed E-state index contributed by atoms with van der Waals surface area (Å²) in [5.41, 5.74) is 0.224. The Labute approximate surface area is 94.1 Å². The standard InChI is InChI=1S/C13H22N2/c1-4-5-6-7-11-15-12-13(2,3)9-8-10-14/h1,15H,5-9,11-12H2,2-3H3. The Balaban J connectivity index is 3.41. The van der Waals surface area contributed by atoms with Crippen LogP contribution in [-0.4, -0.2) is 13.1 Å². The summed E-state index contributed by atoms with van der Waals surface area (Å²) in [4.78, 5) is 0. The molecule has 0 amide bonds. The predicted molar refractivity (Wildman–Crippen MR) is 64.2 cm³/mol. The first-order valence-corrected chi connectivity index (χ1v) is 5.63. The van der Waals surface area contributed by atoms with Gasteiger partial charge in [-0.15, -0.1) is 12.3 Å². The van der Waals surface area contributed by atoms with Gasteiger partial charge >= 0.3 is 0 Å². The van der Waals surface area contributed by atoms with E-state index in [1.165, 1.54) is 0 Å². The summed E-state index contributed by atoms with van der Waals surface area (Å²) in [6.07, 6.45) is 9.88. The highest BCUT2D eigenvalue weighted by molar-refractivity contribution is 4.83. The van der Waals surface area contributed by atoms with Gasteiger partial charge in [0.25, 0.3) is 0 Å². The summed E-state index contributed by atoms with van der Waals surface area (Å²) in [5, 5.41) is 11.9. The summed E-state index contributed by atoms with van der Waals surface area (Å²) < 4.78 is 0. The Bertz CT molecular complexity index is 230. The highest BCUT2D eigenvalue weighted by atomic mass is 14.9. The van der Waals surface area contributed by atoms with Gasteiger partial charge in [-0.2, -0.15) is 5.26 Å². The van der Waals surface area contributed by atoms with E-state index >= 15 is 0 Å². The van der Waals surface area contributed by atoms with Crippen molar-refractivity contribution in [2.75, 3.05) is 13.1 Å². The zero-order valence-corrected chi connectivity index (χ0v) is 9.97. The minimum atomic E-state index is 0.224. The molecule has 0 aliphatic carbocycles. The van der Waals surface area contributed by atoms with E-state index in [-0.39, 0.29) is 5.41 Å². The van der Waals surface area contributed by atoms with Crippen molar-refractivity contribution in [3.8, 4) is 18.4 Å². The molecule has 0 aromatic carbocycles. The molecule has 0 aromatic heterocycles. The molecule has 0 atom stereocenters. The number of hydrogen-bond acceptors (Lipinski definition) is 2. The summed E-state index contributed by atoms with van der Waals surface area (Å²) in [7, 11) is 0. The number of nitrogens with one attached hydrogen (secondary N) is 1. The molecular weight excluding hydrogens is 184 g/mol. The zero-order valence-electron chi connectivity index (χ0n) is 9.97. The third kappa shape index (κ3) is 9.32. The van der Waals surface area contributed by atoms with Crippen LogP contribution in [0, 0.1) is 29.1 Å². The maximum absolute atomic E-state index is 8.51. The molecule has 1 N–H and O–H groups in total. The molecular formula is C13H22N2. The van der Waals surface area contributed by atoms with Crippen LogP contribution in [0.15, 0.2) is 0 Å². The quantitative estimate of drug-likeness (QED) is 0.489. The van der Waals surface area contributed by atoms with Crippen LogP contribution in [0.3, 0.4) is 0 Å². The van der Waals surface area contributed by atoms with E-state index in [0.717, 1.165) is 38.8 Å². The van der Waals surface area contributed by atoms with Gasteiger partial charge in [0.05, 0.1) is 6.07 Å². The van der Waals surface area contributed by atoms with Crippen molar-refractivity contribution in [2.24, 2.45) is 5.41 Å². The van der Waals surface area contributed by atoms with Crippen molar-refractivity contribution in [3.63, 3.8) is 0 Å². The number of nitrogens with zero attached hydrogens (tertiary/aromatic N) is 1. The van der Waals surface area contributed by atoms with Crippen molar-refractivity contribution >= 4 is 0 Å². The molecule has 84 valence electrons. The van der Waals surface area contributed by atoms with Crippen molar-refractivity contribution in [3.05, 3.63) is 0 Å². The van der Waals surface area contributed by atoms with Crippen molar-refractivity contribution < 1.29 is 0 Å². The van der Waals surface area contributed by atoms with Gasteiger partial charge in [-0.25, -0.2) is 0 Å². The molecule has 0 spiro atoms. The summed E-state index contributed by atoms with van der Waals surface area (Å²) in [6, 6.07) is 2.19. The Hall–Kier alpha value is -0.990. The summed E-state index contributed by atoms with van der Waals surface area (Å²) in [5.74, 6) is 2.64. The topological polar surface area (TPSA) is 35.8 Å². The summed E-state index contributed by atoms with van der Waals surface area (Å²) >= 11 is 0. The van der Waals surface area contributed by atoms with Crippen LogP contribution < -0.4 is 5.32 Å². The molecule has 0 saturated heterocycles. The third-order valence-electron chi connectivity index (χ3n) is 2.44. The second-order valence-electron chi connectivity index (χ2n) is 4.66. The fourth-order valence-corrected chi connectivity index (χ4v) is 1.39. The van der Waals surface area contributed by atoms with E-state index < -0.39 is 0 Å². The van der Waals surface area contributed by atoms with E-state index in [9.17, 15) is 0 Å². The van der Waals surface area contributed by atoms with E-state index in [0.29, 0.717) is 6.42 Å². The minimum Gasteiger partial charge on any atom is -0.316 e. The Morgan fingerprint density at radius 1 is 1.27 bits per heavy atom. The normalized spacial score (nSPS) is 10.7. The Kier molecular flexibility index (Phi) is 7.78. The summed E-state index contributed by atoms with van der Waals surface area (Å²) in [6.45, 7) is 6.39. The number of hydrogen-bond donors (Lipinski definition) is 1. The second kappa shape index (κ2) is 8.33. The van der Waals surface area contributed by atoms with Crippen LogP contribution in [0.25, 0.3) is 0 Å². The molecule has 2 nitrogen and oxygen atoms in total. The van der Waals surface area contributed by atoms with Crippen LogP contribution in [0.4, 0.5) is 0 Å². The molecule has 2 heteroatoms. The highest BCUT2D eigenvalue weighted by Gasteiger charge is 2.16. The lowest BCUT2D eigenvalue weighted by Crippen LogP contribution is -2.30. The average molecular weight is 206 g/mol. The molecule has 0 aromatic rings. The third-order valence-corrected chi connectivity index (χ3v) is 2.44. The molecule has 0 bridgehead atoms. The lowest BCUT2D eigenvalue weighted by Gasteiger charge is -2.23. The molecule has 0 saturated carbocycles. The average Bonchev–Trinajstić information content (AvgIpc) is 2.20. The Morgan fingerprint density at radius 2 is 2.00 bits per heavy atom. The minimum absolute atomic E-state index is 0.224. The van der Waals surface area contributed by atoms with Gasteiger partial charge in [-0.05, 0) is 31.2 Å². The van der Waals surface area contributed by atoms with Gasteiger partial charge in [0.1, 0.15) is 0 Å². The monoisotopic (exact) mass is 206 g/mol. The molecule has 0 rings (SSSR count). The van der Waals surface area contributed by atoms with E-state index in [1.54, 1.807) is 0 Å². The van der Waals surface area contributed by atoms with E-state index in [2.05, 4.69) is 31.2 Å². The van der Waals surface area contributed by atoms with Crippen molar-refractivity contribution in [1.29, 1.82) is 5.26 Å². The molecule has 0 heterocycles. The molecule has 0 unspecified atom stereocenters. The number of unbranched alkanes of at least 4 members (excludes halogenated alkanes) is 2. The van der Waals surface area contributed by atoms with Crippen LogP contribution >= 0.6 is 0 Å². The largest absolute Gasteiger partial charge is 0.316 e. The number of terminal acetylenes is 1. The smallest absolute Gasteiger partial charge is 0.0621 e. The van der Waals surface area contributed by atoms with E-state index in [1.807, 2.05) is 0 Å². The maximum Gasteiger partial charge on any atom is 0.0621 e. The molecule has 0 radical (unpaired) electrons. The van der Waals surface area contributed by atoms with Crippen molar-refractivity contribution in [2.45, 2.75) is 46.0 Å². The molecule has 0 aliphatic heterocycles. The SMILES string of the molecule is C#CCCCCNCC(C)(C)CCC#N. The number of nitriles is 1. The van der Waals surface area contributed by atoms with Crippen LogP contribution in [0.2, 0.25) is 0 Å². The fourth-order valence-electron chi connectivity index (χ4n) is 1.39. The number of rotatable bonds is 8. The Morgan fingerprint density at radius 3 is 2.60 bits per heavy atom. The van der Waals surface area contributed by atoms with Crippen LogP contribution in [0.1, 0.15) is 46.0 Å². The molecule has 15 heavy (non-hydrogen) atoms. The molecule has 0 fully saturated rings. The van der Waals surface area contributed by atoms with Gasteiger partial charge in [-0.1, -0.05) is 13.8 Å². The van der Waals surface area contributed by atoms with Crippen LogP contribution in [0.5, 0.6) is 0 Å². The van der Waals surface area contributed by atoms with E-state index in [4.69, 9.17) is 11.7 Å². The van der Waals surface area contributed by atoms with Gasteiger partial charge in [0.2, 0.25) is 0 Å². The van der Waals surface area contributed by atoms with Gasteiger partial charge < -0.3 is 5.32 Å². The second-order valence-corrected chi connectivity index (χ2v) is 4.66. The van der Waals surface area contributed by atoms with Gasteiger partial charge in [0.15, 0.2) is 0 Å². The predicted octanol–water partition coefficient (Wildman–Crippen LogP) is 2.71. The maximum atomic E-state index is 8.51. The fraction of sp³-hybridized carbons (Fsp3) is 0.769. The first kappa shape index (κ1) is 14.0. The lowest BCUT2D eigenvalue weighted by molar-refractivity contribution is 0.317.